The monoisotopic (exact) mass is 224 g/mol. The van der Waals surface area contributed by atoms with Crippen LogP contribution in [0.15, 0.2) is 12.3 Å². The number of nitrogens with two attached hydrogens (primary N) is 1. The van der Waals surface area contributed by atoms with Crippen LogP contribution in [0, 0.1) is 0 Å². The molecule has 2 N–H and O–H groups in total. The van der Waals surface area contributed by atoms with Crippen molar-refractivity contribution in [1.82, 2.24) is 14.7 Å². The highest BCUT2D eigenvalue weighted by atomic mass is 16.5. The average molecular weight is 224 g/mol. The van der Waals surface area contributed by atoms with E-state index >= 15 is 0 Å². The standard InChI is InChI=1S/C11H20N4O/c1-9(12)11-8-15(5-6-16-11)7-10-3-4-13-14(10)2/h3-4,9,11H,5-8,12H2,1-2H3. The molecule has 0 aromatic carbocycles. The first kappa shape index (κ1) is 11.6. The van der Waals surface area contributed by atoms with Gasteiger partial charge in [0.05, 0.1) is 18.4 Å². The highest BCUT2D eigenvalue weighted by molar-refractivity contribution is 5.00. The molecule has 1 aliphatic rings. The third kappa shape index (κ3) is 2.61. The summed E-state index contributed by atoms with van der Waals surface area (Å²) >= 11 is 0. The van der Waals surface area contributed by atoms with Gasteiger partial charge in [0.2, 0.25) is 0 Å². The molecule has 2 atom stereocenters. The summed E-state index contributed by atoms with van der Waals surface area (Å²) in [5, 5.41) is 4.17. The van der Waals surface area contributed by atoms with Crippen molar-refractivity contribution < 1.29 is 4.74 Å². The lowest BCUT2D eigenvalue weighted by atomic mass is 10.1. The maximum atomic E-state index is 5.86. The van der Waals surface area contributed by atoms with Crippen LogP contribution in [0.5, 0.6) is 0 Å². The van der Waals surface area contributed by atoms with Crippen LogP contribution < -0.4 is 5.73 Å². The molecule has 1 aliphatic heterocycles. The summed E-state index contributed by atoms with van der Waals surface area (Å²) in [4.78, 5) is 2.37. The van der Waals surface area contributed by atoms with Crippen LogP contribution in [-0.4, -0.2) is 46.5 Å². The summed E-state index contributed by atoms with van der Waals surface area (Å²) < 4.78 is 7.54. The first-order valence-corrected chi connectivity index (χ1v) is 5.73. The number of aryl methyl sites for hydroxylation is 1. The van der Waals surface area contributed by atoms with E-state index in [1.165, 1.54) is 5.69 Å². The van der Waals surface area contributed by atoms with Crippen LogP contribution in [-0.2, 0) is 18.3 Å². The van der Waals surface area contributed by atoms with Crippen molar-refractivity contribution in [3.63, 3.8) is 0 Å². The van der Waals surface area contributed by atoms with E-state index in [2.05, 4.69) is 16.1 Å². The van der Waals surface area contributed by atoms with E-state index in [4.69, 9.17) is 10.5 Å². The van der Waals surface area contributed by atoms with Crippen LogP contribution in [0.3, 0.4) is 0 Å². The Labute approximate surface area is 96.2 Å². The molecule has 1 aromatic rings. The van der Waals surface area contributed by atoms with Crippen molar-refractivity contribution in [1.29, 1.82) is 0 Å². The lowest BCUT2D eigenvalue weighted by molar-refractivity contribution is -0.0409. The summed E-state index contributed by atoms with van der Waals surface area (Å²) in [5.74, 6) is 0. The largest absolute Gasteiger partial charge is 0.374 e. The molecule has 2 unspecified atom stereocenters. The van der Waals surface area contributed by atoms with E-state index in [9.17, 15) is 0 Å². The van der Waals surface area contributed by atoms with Crippen LogP contribution in [0.4, 0.5) is 0 Å². The Morgan fingerprint density at radius 3 is 3.12 bits per heavy atom. The van der Waals surface area contributed by atoms with E-state index in [0.29, 0.717) is 0 Å². The minimum absolute atomic E-state index is 0.0920. The normalized spacial score (nSPS) is 24.6. The van der Waals surface area contributed by atoms with E-state index in [1.54, 1.807) is 0 Å². The van der Waals surface area contributed by atoms with Gasteiger partial charge in [-0.1, -0.05) is 0 Å². The number of aromatic nitrogens is 2. The Balaban J connectivity index is 1.93. The SMILES string of the molecule is CC(N)C1CN(Cc2ccnn2C)CCO1. The molecule has 1 saturated heterocycles. The van der Waals surface area contributed by atoms with Gasteiger partial charge in [0.25, 0.3) is 0 Å². The maximum Gasteiger partial charge on any atom is 0.0850 e. The van der Waals surface area contributed by atoms with E-state index in [-0.39, 0.29) is 12.1 Å². The van der Waals surface area contributed by atoms with Crippen LogP contribution in [0.25, 0.3) is 0 Å². The second kappa shape index (κ2) is 4.95. The minimum Gasteiger partial charge on any atom is -0.374 e. The van der Waals surface area contributed by atoms with Crippen LogP contribution in [0.1, 0.15) is 12.6 Å². The molecule has 0 bridgehead atoms. The summed E-state index contributed by atoms with van der Waals surface area (Å²) in [5.41, 5.74) is 7.09. The van der Waals surface area contributed by atoms with Crippen molar-refractivity contribution >= 4 is 0 Å². The third-order valence-electron chi connectivity index (χ3n) is 3.07. The van der Waals surface area contributed by atoms with E-state index in [1.807, 2.05) is 24.9 Å². The zero-order valence-corrected chi connectivity index (χ0v) is 9.97. The number of morpholine rings is 1. The fourth-order valence-corrected chi connectivity index (χ4v) is 1.98. The number of hydrogen-bond donors (Lipinski definition) is 1. The molecule has 1 fully saturated rings. The molecule has 90 valence electrons. The van der Waals surface area contributed by atoms with E-state index < -0.39 is 0 Å². The molecule has 16 heavy (non-hydrogen) atoms. The maximum absolute atomic E-state index is 5.86. The van der Waals surface area contributed by atoms with Gasteiger partial charge in [-0.25, -0.2) is 0 Å². The van der Waals surface area contributed by atoms with Gasteiger partial charge in [-0.05, 0) is 13.0 Å². The molecule has 0 aliphatic carbocycles. The van der Waals surface area contributed by atoms with Crippen molar-refractivity contribution in [2.75, 3.05) is 19.7 Å². The van der Waals surface area contributed by atoms with Gasteiger partial charge in [-0.2, -0.15) is 5.10 Å². The Bertz CT molecular complexity index is 336. The number of hydrogen-bond acceptors (Lipinski definition) is 4. The molecule has 0 spiro atoms. The van der Waals surface area contributed by atoms with Gasteiger partial charge in [0.1, 0.15) is 0 Å². The van der Waals surface area contributed by atoms with E-state index in [0.717, 1.165) is 26.2 Å². The van der Waals surface area contributed by atoms with Crippen molar-refractivity contribution in [3.8, 4) is 0 Å². The molecule has 5 heteroatoms. The zero-order valence-electron chi connectivity index (χ0n) is 9.97. The number of rotatable bonds is 3. The van der Waals surface area contributed by atoms with Crippen LogP contribution >= 0.6 is 0 Å². The summed E-state index contributed by atoms with van der Waals surface area (Å²) in [6.07, 6.45) is 1.99. The van der Waals surface area contributed by atoms with Crippen molar-refractivity contribution in [2.45, 2.75) is 25.6 Å². The zero-order chi connectivity index (χ0) is 11.5. The molecule has 0 saturated carbocycles. The lowest BCUT2D eigenvalue weighted by Crippen LogP contribution is -2.49. The van der Waals surface area contributed by atoms with Gasteiger partial charge in [0.15, 0.2) is 0 Å². The summed E-state index contributed by atoms with van der Waals surface area (Å²) in [7, 11) is 1.97. The Kier molecular flexibility index (Phi) is 3.58. The van der Waals surface area contributed by atoms with Gasteiger partial charge in [-0.3, -0.25) is 9.58 Å². The van der Waals surface area contributed by atoms with Gasteiger partial charge >= 0.3 is 0 Å². The van der Waals surface area contributed by atoms with Crippen molar-refractivity contribution in [2.24, 2.45) is 12.8 Å². The third-order valence-corrected chi connectivity index (χ3v) is 3.07. The summed E-state index contributed by atoms with van der Waals surface area (Å²) in [6, 6.07) is 2.14. The minimum atomic E-state index is 0.0920. The molecular formula is C11H20N4O. The summed E-state index contributed by atoms with van der Waals surface area (Å²) in [6.45, 7) is 5.56. The number of nitrogens with zero attached hydrogens (tertiary/aromatic N) is 3. The second-order valence-corrected chi connectivity index (χ2v) is 4.45. The predicted molar refractivity (Wildman–Crippen MR) is 61.9 cm³/mol. The van der Waals surface area contributed by atoms with Crippen LogP contribution in [0.2, 0.25) is 0 Å². The molecule has 5 nitrogen and oxygen atoms in total. The highest BCUT2D eigenvalue weighted by Crippen LogP contribution is 2.11. The fraction of sp³-hybridized carbons (Fsp3) is 0.727. The molecule has 2 rings (SSSR count). The van der Waals surface area contributed by atoms with Crippen molar-refractivity contribution in [3.05, 3.63) is 18.0 Å². The predicted octanol–water partition coefficient (Wildman–Crippen LogP) is -0.0319. The fourth-order valence-electron chi connectivity index (χ4n) is 1.98. The first-order valence-electron chi connectivity index (χ1n) is 5.73. The Morgan fingerprint density at radius 1 is 1.69 bits per heavy atom. The highest BCUT2D eigenvalue weighted by Gasteiger charge is 2.23. The van der Waals surface area contributed by atoms with Gasteiger partial charge < -0.3 is 10.5 Å². The Morgan fingerprint density at radius 2 is 2.50 bits per heavy atom. The van der Waals surface area contributed by atoms with Gasteiger partial charge in [0, 0.05) is 38.9 Å². The average Bonchev–Trinajstić information content (AvgIpc) is 2.65. The quantitative estimate of drug-likeness (QED) is 0.783. The molecule has 2 heterocycles. The lowest BCUT2D eigenvalue weighted by Gasteiger charge is -2.34. The molecule has 1 aromatic heterocycles. The Hall–Kier alpha value is -0.910. The van der Waals surface area contributed by atoms with Gasteiger partial charge in [-0.15, -0.1) is 0 Å². The first-order chi connectivity index (χ1) is 7.66. The topological polar surface area (TPSA) is 56.3 Å². The second-order valence-electron chi connectivity index (χ2n) is 4.45. The molecule has 0 amide bonds. The number of ether oxygens (including phenoxy) is 1. The molecule has 0 radical (unpaired) electrons. The smallest absolute Gasteiger partial charge is 0.0850 e. The molecular weight excluding hydrogens is 204 g/mol.